The molecule has 2 aromatic heterocycles. The molecule has 228 valence electrons. The van der Waals surface area contributed by atoms with Crippen molar-refractivity contribution < 1.29 is 4.42 Å². The van der Waals surface area contributed by atoms with Crippen LogP contribution in [0.2, 0.25) is 0 Å². The Balaban J connectivity index is 1.13. The van der Waals surface area contributed by atoms with Crippen molar-refractivity contribution in [2.45, 2.75) is 0 Å². The average molecular weight is 626 g/mol. The second kappa shape index (κ2) is 11.0. The minimum atomic E-state index is 0.639. The summed E-state index contributed by atoms with van der Waals surface area (Å²) in [5, 5.41) is 9.35. The fourth-order valence-electron chi connectivity index (χ4n) is 7.04. The Bertz CT molecular complexity index is 2860. The number of fused-ring (bicyclic) bond motifs is 8. The molecule has 0 spiro atoms. The van der Waals surface area contributed by atoms with Crippen LogP contribution in [0.25, 0.3) is 99.5 Å². The predicted octanol–water partition coefficient (Wildman–Crippen LogP) is 11.9. The van der Waals surface area contributed by atoms with Crippen LogP contribution in [0.15, 0.2) is 168 Å². The van der Waals surface area contributed by atoms with E-state index in [1.165, 1.54) is 32.5 Å². The minimum absolute atomic E-state index is 0.639. The summed E-state index contributed by atoms with van der Waals surface area (Å²) in [4.78, 5) is 15.0. The van der Waals surface area contributed by atoms with Gasteiger partial charge in [0.1, 0.15) is 11.2 Å². The Morgan fingerprint density at radius 3 is 1.57 bits per heavy atom. The summed E-state index contributed by atoms with van der Waals surface area (Å²) < 4.78 is 6.30. The molecular formula is C45H27N3O. The lowest BCUT2D eigenvalue weighted by atomic mass is 9.94. The van der Waals surface area contributed by atoms with Crippen molar-refractivity contribution in [3.05, 3.63) is 164 Å². The largest absolute Gasteiger partial charge is 0.456 e. The van der Waals surface area contributed by atoms with E-state index >= 15 is 0 Å². The number of aromatic nitrogens is 3. The molecule has 0 saturated heterocycles. The zero-order chi connectivity index (χ0) is 32.3. The number of furan rings is 1. The predicted molar refractivity (Wildman–Crippen MR) is 201 cm³/mol. The summed E-state index contributed by atoms with van der Waals surface area (Å²) in [6.07, 6.45) is 0. The number of para-hydroxylation sites is 1. The molecule has 0 aliphatic carbocycles. The minimum Gasteiger partial charge on any atom is -0.456 e. The molecule has 0 saturated carbocycles. The first-order chi connectivity index (χ1) is 24.2. The Morgan fingerprint density at radius 1 is 0.306 bits per heavy atom. The van der Waals surface area contributed by atoms with Crippen LogP contribution < -0.4 is 0 Å². The fraction of sp³-hybridized carbons (Fsp3) is 0. The first-order valence-corrected chi connectivity index (χ1v) is 16.4. The van der Waals surface area contributed by atoms with Crippen molar-refractivity contribution in [3.63, 3.8) is 0 Å². The highest BCUT2D eigenvalue weighted by Gasteiger charge is 2.15. The molecule has 8 aromatic carbocycles. The standard InChI is InChI=1S/C45H27N3O/c1-3-9-28(10-4-1)29-15-19-32(20-16-29)44-46-43(31-11-5-2-6-12-31)47-45(48-44)35-23-24-36-33(25-35)21-17-30-18-22-34-26-39-37-13-7-8-14-40(37)49-41(39)27-38(34)42(30)36/h1-27H. The molecule has 0 bridgehead atoms. The van der Waals surface area contributed by atoms with Gasteiger partial charge in [0.25, 0.3) is 0 Å². The van der Waals surface area contributed by atoms with Crippen LogP contribution in [0.4, 0.5) is 0 Å². The molecule has 0 aliphatic rings. The number of benzene rings is 8. The lowest BCUT2D eigenvalue weighted by Gasteiger charge is -2.11. The first-order valence-electron chi connectivity index (χ1n) is 16.4. The maximum atomic E-state index is 6.30. The Labute approximate surface area is 282 Å². The quantitative estimate of drug-likeness (QED) is 0.183. The Kier molecular flexibility index (Phi) is 6.15. The van der Waals surface area contributed by atoms with Gasteiger partial charge >= 0.3 is 0 Å². The van der Waals surface area contributed by atoms with Crippen molar-refractivity contribution in [3.8, 4) is 45.3 Å². The fourth-order valence-corrected chi connectivity index (χ4v) is 7.04. The zero-order valence-electron chi connectivity index (χ0n) is 26.3. The Morgan fingerprint density at radius 2 is 0.837 bits per heavy atom. The van der Waals surface area contributed by atoms with E-state index in [9.17, 15) is 0 Å². The van der Waals surface area contributed by atoms with Crippen molar-refractivity contribution in [2.24, 2.45) is 0 Å². The molecule has 49 heavy (non-hydrogen) atoms. The van der Waals surface area contributed by atoms with Crippen LogP contribution in [-0.2, 0) is 0 Å². The number of nitrogens with zero attached hydrogens (tertiary/aromatic N) is 3. The molecule has 2 heterocycles. The van der Waals surface area contributed by atoms with Crippen LogP contribution >= 0.6 is 0 Å². The number of rotatable bonds is 4. The maximum absolute atomic E-state index is 6.30. The van der Waals surface area contributed by atoms with Gasteiger partial charge in [-0.05, 0) is 67.7 Å². The van der Waals surface area contributed by atoms with Crippen LogP contribution in [0.1, 0.15) is 0 Å². The van der Waals surface area contributed by atoms with Crippen molar-refractivity contribution in [1.82, 2.24) is 15.0 Å². The molecule has 0 aliphatic heterocycles. The average Bonchev–Trinajstić information content (AvgIpc) is 3.54. The van der Waals surface area contributed by atoms with Gasteiger partial charge in [0.2, 0.25) is 0 Å². The van der Waals surface area contributed by atoms with Crippen LogP contribution in [-0.4, -0.2) is 15.0 Å². The molecule has 0 radical (unpaired) electrons. The summed E-state index contributed by atoms with van der Waals surface area (Å²) >= 11 is 0. The molecule has 0 N–H and O–H groups in total. The van der Waals surface area contributed by atoms with E-state index < -0.39 is 0 Å². The maximum Gasteiger partial charge on any atom is 0.164 e. The number of hydrogen-bond donors (Lipinski definition) is 0. The summed E-state index contributed by atoms with van der Waals surface area (Å²) in [6, 6.07) is 57.0. The molecule has 10 aromatic rings. The Hall–Kier alpha value is -6.65. The number of hydrogen-bond acceptors (Lipinski definition) is 4. The van der Waals surface area contributed by atoms with Gasteiger partial charge in [-0.15, -0.1) is 0 Å². The summed E-state index contributed by atoms with van der Waals surface area (Å²) in [7, 11) is 0. The van der Waals surface area contributed by atoms with E-state index in [0.717, 1.165) is 49.6 Å². The van der Waals surface area contributed by atoms with Crippen molar-refractivity contribution >= 4 is 54.3 Å². The van der Waals surface area contributed by atoms with Gasteiger partial charge in [-0.2, -0.15) is 0 Å². The normalized spacial score (nSPS) is 11.7. The molecule has 4 nitrogen and oxygen atoms in total. The van der Waals surface area contributed by atoms with E-state index in [1.54, 1.807) is 0 Å². The molecule has 4 heteroatoms. The van der Waals surface area contributed by atoms with Gasteiger partial charge in [0.05, 0.1) is 0 Å². The smallest absolute Gasteiger partial charge is 0.164 e. The third kappa shape index (κ3) is 4.65. The van der Waals surface area contributed by atoms with Crippen LogP contribution in [0.5, 0.6) is 0 Å². The van der Waals surface area contributed by atoms with Crippen molar-refractivity contribution in [2.75, 3.05) is 0 Å². The van der Waals surface area contributed by atoms with E-state index in [-0.39, 0.29) is 0 Å². The molecule has 0 atom stereocenters. The summed E-state index contributed by atoms with van der Waals surface area (Å²) in [5.74, 6) is 1.93. The van der Waals surface area contributed by atoms with Crippen LogP contribution in [0.3, 0.4) is 0 Å². The second-order valence-corrected chi connectivity index (χ2v) is 12.4. The first kappa shape index (κ1) is 27.5. The lowest BCUT2D eigenvalue weighted by Crippen LogP contribution is -2.00. The third-order valence-electron chi connectivity index (χ3n) is 9.49. The summed E-state index contributed by atoms with van der Waals surface area (Å²) in [6.45, 7) is 0. The monoisotopic (exact) mass is 625 g/mol. The van der Waals surface area contributed by atoms with E-state index in [0.29, 0.717) is 17.5 Å². The van der Waals surface area contributed by atoms with Gasteiger partial charge in [0, 0.05) is 27.5 Å². The molecule has 0 fully saturated rings. The van der Waals surface area contributed by atoms with Gasteiger partial charge in [-0.3, -0.25) is 0 Å². The highest BCUT2D eigenvalue weighted by Crippen LogP contribution is 2.38. The molecule has 0 amide bonds. The zero-order valence-corrected chi connectivity index (χ0v) is 26.3. The highest BCUT2D eigenvalue weighted by atomic mass is 16.3. The SMILES string of the molecule is c1ccc(-c2ccc(-c3nc(-c4ccccc4)nc(-c4ccc5c(ccc6ccc7cc8c(cc7c65)oc5ccccc58)c4)n3)cc2)cc1. The van der Waals surface area contributed by atoms with Crippen LogP contribution in [0, 0.1) is 0 Å². The lowest BCUT2D eigenvalue weighted by molar-refractivity contribution is 0.669. The molecule has 10 rings (SSSR count). The third-order valence-corrected chi connectivity index (χ3v) is 9.49. The molecule has 0 unspecified atom stereocenters. The van der Waals surface area contributed by atoms with Gasteiger partial charge < -0.3 is 4.42 Å². The van der Waals surface area contributed by atoms with E-state index in [2.05, 4.69) is 115 Å². The topological polar surface area (TPSA) is 51.8 Å². The van der Waals surface area contributed by atoms with Gasteiger partial charge in [0.15, 0.2) is 17.5 Å². The summed E-state index contributed by atoms with van der Waals surface area (Å²) in [5.41, 5.74) is 6.96. The van der Waals surface area contributed by atoms with E-state index in [1.807, 2.05) is 48.5 Å². The van der Waals surface area contributed by atoms with Gasteiger partial charge in [-0.1, -0.05) is 140 Å². The van der Waals surface area contributed by atoms with E-state index in [4.69, 9.17) is 19.4 Å². The van der Waals surface area contributed by atoms with Crippen molar-refractivity contribution in [1.29, 1.82) is 0 Å². The van der Waals surface area contributed by atoms with Gasteiger partial charge in [-0.25, -0.2) is 15.0 Å². The highest BCUT2D eigenvalue weighted by molar-refractivity contribution is 6.23. The second-order valence-electron chi connectivity index (χ2n) is 12.4. The molecular weight excluding hydrogens is 599 g/mol.